The Hall–Kier alpha value is -2.69. The number of aldehydes is 1. The maximum absolute atomic E-state index is 11.1. The van der Waals surface area contributed by atoms with E-state index in [-0.39, 0.29) is 11.4 Å². The van der Waals surface area contributed by atoms with Crippen LogP contribution in [0.4, 0.5) is 5.69 Å². The van der Waals surface area contributed by atoms with Crippen LogP contribution in [0, 0.1) is 24.0 Å². The van der Waals surface area contributed by atoms with Crippen LogP contribution in [0.25, 0.3) is 0 Å². The minimum Gasteiger partial charge on any atom is -0.450 e. The molecule has 2 rings (SSSR count). The molecule has 5 heteroatoms. The van der Waals surface area contributed by atoms with Crippen molar-refractivity contribution in [3.05, 3.63) is 63.2 Å². The molecular weight excluding hydrogens is 258 g/mol. The lowest BCUT2D eigenvalue weighted by Gasteiger charge is -2.10. The summed E-state index contributed by atoms with van der Waals surface area (Å²) in [6.45, 7) is 3.46. The van der Waals surface area contributed by atoms with Crippen LogP contribution in [0.5, 0.6) is 11.5 Å². The van der Waals surface area contributed by atoms with Crippen molar-refractivity contribution in [2.24, 2.45) is 0 Å². The first-order valence-electron chi connectivity index (χ1n) is 6.00. The highest BCUT2D eigenvalue weighted by molar-refractivity contribution is 5.76. The number of ether oxygens (including phenoxy) is 1. The average Bonchev–Trinajstić information content (AvgIpc) is 2.41. The van der Waals surface area contributed by atoms with Crippen molar-refractivity contribution in [1.82, 2.24) is 0 Å². The maximum atomic E-state index is 11.1. The Morgan fingerprint density at radius 2 is 1.85 bits per heavy atom. The fourth-order valence-electron chi connectivity index (χ4n) is 1.87. The van der Waals surface area contributed by atoms with Crippen molar-refractivity contribution in [2.75, 3.05) is 0 Å². The molecule has 0 spiro atoms. The molecule has 20 heavy (non-hydrogen) atoms. The highest BCUT2D eigenvalue weighted by Crippen LogP contribution is 2.35. The predicted molar refractivity (Wildman–Crippen MR) is 74.5 cm³/mol. The summed E-state index contributed by atoms with van der Waals surface area (Å²) in [5.41, 5.74) is 1.72. The number of nitro groups is 1. The normalized spacial score (nSPS) is 10.1. The van der Waals surface area contributed by atoms with Crippen molar-refractivity contribution < 1.29 is 14.5 Å². The second-order valence-corrected chi connectivity index (χ2v) is 4.42. The quantitative estimate of drug-likeness (QED) is 0.481. The van der Waals surface area contributed by atoms with Crippen LogP contribution in [0.3, 0.4) is 0 Å². The zero-order chi connectivity index (χ0) is 14.7. The summed E-state index contributed by atoms with van der Waals surface area (Å²) < 4.78 is 5.62. The Labute approximate surface area is 116 Å². The number of benzene rings is 2. The zero-order valence-corrected chi connectivity index (χ0v) is 11.1. The van der Waals surface area contributed by atoms with Crippen LogP contribution in [0.15, 0.2) is 36.4 Å². The van der Waals surface area contributed by atoms with Gasteiger partial charge < -0.3 is 4.74 Å². The van der Waals surface area contributed by atoms with E-state index < -0.39 is 4.92 Å². The van der Waals surface area contributed by atoms with Gasteiger partial charge in [-0.05, 0) is 31.5 Å². The van der Waals surface area contributed by atoms with E-state index in [1.54, 1.807) is 37.3 Å². The fourth-order valence-corrected chi connectivity index (χ4v) is 1.87. The molecule has 2 aromatic carbocycles. The molecule has 0 aliphatic carbocycles. The van der Waals surface area contributed by atoms with Crippen LogP contribution in [0.2, 0.25) is 0 Å². The lowest BCUT2D eigenvalue weighted by atomic mass is 10.1. The number of aryl methyl sites for hydroxylation is 2. The van der Waals surface area contributed by atoms with Gasteiger partial charge in [-0.25, -0.2) is 0 Å². The van der Waals surface area contributed by atoms with Gasteiger partial charge in [-0.3, -0.25) is 14.9 Å². The highest BCUT2D eigenvalue weighted by atomic mass is 16.6. The summed E-state index contributed by atoms with van der Waals surface area (Å²) in [6.07, 6.45) is 0.705. The van der Waals surface area contributed by atoms with E-state index >= 15 is 0 Å². The number of carbonyl (C=O) groups excluding carboxylic acids is 1. The molecule has 5 nitrogen and oxygen atoms in total. The SMILES string of the molecule is Cc1ccc(C=O)cc1Oc1cccc(C)c1[N+](=O)[O-]. The van der Waals surface area contributed by atoms with E-state index in [4.69, 9.17) is 4.74 Å². The third-order valence-corrected chi connectivity index (χ3v) is 2.95. The van der Waals surface area contributed by atoms with E-state index in [2.05, 4.69) is 0 Å². The molecule has 0 radical (unpaired) electrons. The van der Waals surface area contributed by atoms with Crippen molar-refractivity contribution >= 4 is 12.0 Å². The first-order valence-corrected chi connectivity index (χ1v) is 6.00. The number of carbonyl (C=O) groups is 1. The molecule has 0 atom stereocenters. The van der Waals surface area contributed by atoms with Crippen LogP contribution >= 0.6 is 0 Å². The smallest absolute Gasteiger partial charge is 0.314 e. The summed E-state index contributed by atoms with van der Waals surface area (Å²) in [5.74, 6) is 0.601. The molecule has 0 fully saturated rings. The Balaban J connectivity index is 2.47. The molecule has 102 valence electrons. The van der Waals surface area contributed by atoms with E-state index in [1.165, 1.54) is 6.07 Å². The van der Waals surface area contributed by atoms with E-state index in [0.717, 1.165) is 5.56 Å². The number of para-hydroxylation sites is 1. The van der Waals surface area contributed by atoms with Gasteiger partial charge in [0, 0.05) is 11.1 Å². The Morgan fingerprint density at radius 1 is 1.10 bits per heavy atom. The van der Waals surface area contributed by atoms with Crippen molar-refractivity contribution in [3.63, 3.8) is 0 Å². The van der Waals surface area contributed by atoms with Crippen LogP contribution in [0.1, 0.15) is 21.5 Å². The topological polar surface area (TPSA) is 69.4 Å². The van der Waals surface area contributed by atoms with Gasteiger partial charge in [0.25, 0.3) is 0 Å². The summed E-state index contributed by atoms with van der Waals surface area (Å²) in [5, 5.41) is 11.1. The van der Waals surface area contributed by atoms with E-state index in [0.29, 0.717) is 23.2 Å². The van der Waals surface area contributed by atoms with Gasteiger partial charge in [0.05, 0.1) is 4.92 Å². The standard InChI is InChI=1S/C15H13NO4/c1-10-6-7-12(9-17)8-14(10)20-13-5-3-4-11(2)15(13)16(18)19/h3-9H,1-2H3. The number of hydrogen-bond donors (Lipinski definition) is 0. The van der Waals surface area contributed by atoms with Gasteiger partial charge in [0.15, 0.2) is 0 Å². The molecule has 0 saturated carbocycles. The first kappa shape index (κ1) is 13.7. The summed E-state index contributed by atoms with van der Waals surface area (Å²) in [4.78, 5) is 21.4. The molecule has 0 heterocycles. The third-order valence-electron chi connectivity index (χ3n) is 2.95. The van der Waals surface area contributed by atoms with Gasteiger partial charge in [-0.1, -0.05) is 24.3 Å². The molecule has 0 N–H and O–H groups in total. The lowest BCUT2D eigenvalue weighted by molar-refractivity contribution is -0.386. The second kappa shape index (κ2) is 5.52. The number of rotatable bonds is 4. The second-order valence-electron chi connectivity index (χ2n) is 4.42. The molecule has 0 saturated heterocycles. The summed E-state index contributed by atoms with van der Waals surface area (Å²) >= 11 is 0. The van der Waals surface area contributed by atoms with Crippen LogP contribution in [-0.2, 0) is 0 Å². The number of nitro benzene ring substituents is 1. The average molecular weight is 271 g/mol. The van der Waals surface area contributed by atoms with Gasteiger partial charge in [-0.15, -0.1) is 0 Å². The zero-order valence-electron chi connectivity index (χ0n) is 11.1. The van der Waals surface area contributed by atoms with Gasteiger partial charge in [-0.2, -0.15) is 0 Å². The molecule has 0 bridgehead atoms. The van der Waals surface area contributed by atoms with Crippen LogP contribution < -0.4 is 4.74 Å². The van der Waals surface area contributed by atoms with Crippen molar-refractivity contribution in [3.8, 4) is 11.5 Å². The Kier molecular flexibility index (Phi) is 3.79. The van der Waals surface area contributed by atoms with E-state index in [1.807, 2.05) is 6.92 Å². The summed E-state index contributed by atoms with van der Waals surface area (Å²) in [7, 11) is 0. The molecule has 0 aliphatic heterocycles. The van der Waals surface area contributed by atoms with E-state index in [9.17, 15) is 14.9 Å². The first-order chi connectivity index (χ1) is 9.52. The Morgan fingerprint density at radius 3 is 2.50 bits per heavy atom. The molecule has 0 amide bonds. The Bertz CT molecular complexity index is 680. The number of nitrogens with zero attached hydrogens (tertiary/aromatic N) is 1. The van der Waals surface area contributed by atoms with Crippen LogP contribution in [-0.4, -0.2) is 11.2 Å². The lowest BCUT2D eigenvalue weighted by Crippen LogP contribution is -1.97. The largest absolute Gasteiger partial charge is 0.450 e. The predicted octanol–water partition coefficient (Wildman–Crippen LogP) is 3.82. The third kappa shape index (κ3) is 2.66. The minimum atomic E-state index is -0.469. The van der Waals surface area contributed by atoms with Crippen molar-refractivity contribution in [1.29, 1.82) is 0 Å². The molecular formula is C15H13NO4. The monoisotopic (exact) mass is 271 g/mol. The highest BCUT2D eigenvalue weighted by Gasteiger charge is 2.19. The maximum Gasteiger partial charge on any atom is 0.314 e. The fraction of sp³-hybridized carbons (Fsp3) is 0.133. The van der Waals surface area contributed by atoms with Crippen molar-refractivity contribution in [2.45, 2.75) is 13.8 Å². The van der Waals surface area contributed by atoms with Gasteiger partial charge in [0.2, 0.25) is 5.75 Å². The van der Waals surface area contributed by atoms with Gasteiger partial charge >= 0.3 is 5.69 Å². The van der Waals surface area contributed by atoms with Gasteiger partial charge in [0.1, 0.15) is 12.0 Å². The summed E-state index contributed by atoms with van der Waals surface area (Å²) in [6, 6.07) is 9.85. The minimum absolute atomic E-state index is 0.0663. The molecule has 2 aromatic rings. The molecule has 0 aromatic heterocycles. The number of hydrogen-bond acceptors (Lipinski definition) is 4. The molecule has 0 aliphatic rings. The molecule has 0 unspecified atom stereocenters.